The van der Waals surface area contributed by atoms with E-state index in [9.17, 15) is 4.79 Å². The van der Waals surface area contributed by atoms with Crippen molar-refractivity contribution in [2.45, 2.75) is 27.2 Å². The quantitative estimate of drug-likeness (QED) is 0.285. The van der Waals surface area contributed by atoms with Gasteiger partial charge in [-0.1, -0.05) is 6.92 Å². The predicted octanol–water partition coefficient (Wildman–Crippen LogP) is 0.906. The van der Waals surface area contributed by atoms with E-state index in [1.54, 1.807) is 13.8 Å². The summed E-state index contributed by atoms with van der Waals surface area (Å²) in [6.45, 7) is 5.87. The van der Waals surface area contributed by atoms with E-state index in [1.807, 2.05) is 6.92 Å². The van der Waals surface area contributed by atoms with Crippen molar-refractivity contribution in [1.29, 1.82) is 0 Å². The maximum Gasteiger partial charge on any atom is 0.314 e. The highest BCUT2D eigenvalue weighted by Gasteiger charge is 2.32. The van der Waals surface area contributed by atoms with Crippen LogP contribution in [0.4, 0.5) is 0 Å². The first-order valence-electron chi connectivity index (χ1n) is 5.13. The summed E-state index contributed by atoms with van der Waals surface area (Å²) in [5.41, 5.74) is -0.814. The number of aliphatic hydroxyl groups excluding tert-OH is 1. The van der Waals surface area contributed by atoms with Gasteiger partial charge in [0.1, 0.15) is 13.2 Å². The Balaban J connectivity index is 3.73. The van der Waals surface area contributed by atoms with Crippen LogP contribution in [-0.2, 0) is 19.3 Å². The summed E-state index contributed by atoms with van der Waals surface area (Å²) in [6.07, 6.45) is 0.536. The summed E-state index contributed by atoms with van der Waals surface area (Å²) in [4.78, 5) is 20.8. The summed E-state index contributed by atoms with van der Waals surface area (Å²) >= 11 is 0. The summed E-state index contributed by atoms with van der Waals surface area (Å²) in [7, 11) is 0. The van der Waals surface area contributed by atoms with Crippen molar-refractivity contribution in [1.82, 2.24) is 0 Å². The molecule has 0 fully saturated rings. The number of carbonyl (C=O) groups excluding carboxylic acids is 1. The molecule has 0 aromatic rings. The van der Waals surface area contributed by atoms with Crippen LogP contribution in [-0.4, -0.2) is 37.5 Å². The molecule has 0 rings (SSSR count). The molecule has 0 aromatic carbocycles. The molecule has 5 heteroatoms. The van der Waals surface area contributed by atoms with Crippen LogP contribution < -0.4 is 0 Å². The van der Waals surface area contributed by atoms with Crippen molar-refractivity contribution in [2.75, 3.05) is 26.4 Å². The largest absolute Gasteiger partial charge is 0.463 e. The molecule has 0 amide bonds. The molecule has 0 radical (unpaired) electrons. The van der Waals surface area contributed by atoms with Gasteiger partial charge < -0.3 is 9.84 Å². The lowest BCUT2D eigenvalue weighted by Gasteiger charge is -2.22. The fourth-order valence-electron chi connectivity index (χ4n) is 0.806. The molecule has 0 aliphatic rings. The van der Waals surface area contributed by atoms with Crippen molar-refractivity contribution < 1.29 is 24.4 Å². The Kier molecular flexibility index (Phi) is 7.29. The number of rotatable bonds is 8. The van der Waals surface area contributed by atoms with Gasteiger partial charge in [0.05, 0.1) is 18.6 Å². The van der Waals surface area contributed by atoms with E-state index in [-0.39, 0.29) is 19.8 Å². The van der Waals surface area contributed by atoms with E-state index in [2.05, 4.69) is 9.78 Å². The fourth-order valence-corrected chi connectivity index (χ4v) is 0.806. The first-order chi connectivity index (χ1) is 7.10. The second kappa shape index (κ2) is 7.62. The van der Waals surface area contributed by atoms with Crippen molar-refractivity contribution in [3.05, 3.63) is 0 Å². The first kappa shape index (κ1) is 14.3. The molecule has 0 aliphatic heterocycles. The Hall–Kier alpha value is -0.650. The monoisotopic (exact) mass is 220 g/mol. The predicted molar refractivity (Wildman–Crippen MR) is 54.0 cm³/mol. The van der Waals surface area contributed by atoms with Crippen LogP contribution >= 0.6 is 0 Å². The van der Waals surface area contributed by atoms with Gasteiger partial charge in [0, 0.05) is 0 Å². The third-order valence-corrected chi connectivity index (χ3v) is 2.22. The molecule has 0 spiro atoms. The number of hydrogen-bond donors (Lipinski definition) is 1. The molecule has 0 heterocycles. The van der Waals surface area contributed by atoms with Crippen molar-refractivity contribution in [2.24, 2.45) is 5.41 Å². The number of hydrogen-bond acceptors (Lipinski definition) is 5. The molecule has 5 nitrogen and oxygen atoms in total. The minimum atomic E-state index is -0.814. The highest BCUT2D eigenvalue weighted by molar-refractivity contribution is 5.76. The van der Waals surface area contributed by atoms with Gasteiger partial charge >= 0.3 is 5.97 Å². The second-order valence-corrected chi connectivity index (χ2v) is 3.44. The van der Waals surface area contributed by atoms with E-state index in [0.29, 0.717) is 13.0 Å². The normalized spacial score (nSPS) is 14.7. The maximum absolute atomic E-state index is 11.5. The first-order valence-corrected chi connectivity index (χ1v) is 5.13. The van der Waals surface area contributed by atoms with Gasteiger partial charge in [0.2, 0.25) is 0 Å². The van der Waals surface area contributed by atoms with Gasteiger partial charge in [-0.25, -0.2) is 9.78 Å². The van der Waals surface area contributed by atoms with Crippen LogP contribution in [0.25, 0.3) is 0 Å². The second-order valence-electron chi connectivity index (χ2n) is 3.44. The van der Waals surface area contributed by atoms with Crippen LogP contribution in [0.2, 0.25) is 0 Å². The molecule has 90 valence electrons. The molecule has 0 aromatic heterocycles. The smallest absolute Gasteiger partial charge is 0.314 e. The molecule has 0 saturated heterocycles. The molecule has 0 bridgehead atoms. The van der Waals surface area contributed by atoms with Crippen molar-refractivity contribution in [3.8, 4) is 0 Å². The highest BCUT2D eigenvalue weighted by atomic mass is 17.2. The molecule has 15 heavy (non-hydrogen) atoms. The van der Waals surface area contributed by atoms with Gasteiger partial charge in [-0.15, -0.1) is 0 Å². The fraction of sp³-hybridized carbons (Fsp3) is 0.900. The Labute approximate surface area is 90.2 Å². The average molecular weight is 220 g/mol. The molecule has 1 N–H and O–H groups in total. The van der Waals surface area contributed by atoms with Crippen LogP contribution in [0.5, 0.6) is 0 Å². The Morgan fingerprint density at radius 1 is 1.27 bits per heavy atom. The Morgan fingerprint density at radius 2 is 1.93 bits per heavy atom. The zero-order valence-electron chi connectivity index (χ0n) is 9.62. The molecule has 0 aliphatic carbocycles. The van der Waals surface area contributed by atoms with Crippen LogP contribution in [0.1, 0.15) is 27.2 Å². The Morgan fingerprint density at radius 3 is 2.40 bits per heavy atom. The number of carbonyl (C=O) groups is 1. The molecule has 1 unspecified atom stereocenters. The molecular formula is C10H20O5. The van der Waals surface area contributed by atoms with E-state index >= 15 is 0 Å². The van der Waals surface area contributed by atoms with Gasteiger partial charge in [-0.05, 0) is 20.3 Å². The zero-order valence-corrected chi connectivity index (χ0v) is 9.62. The van der Waals surface area contributed by atoms with Gasteiger partial charge in [0.15, 0.2) is 0 Å². The average Bonchev–Trinajstić information content (AvgIpc) is 2.27. The van der Waals surface area contributed by atoms with E-state index in [1.165, 1.54) is 0 Å². The standard InChI is InChI=1S/C10H20O5/c1-4-10(3,8-11)9(12)13-6-7-15-14-5-2/h11H,4-8H2,1-3H3. The van der Waals surface area contributed by atoms with Crippen LogP contribution in [0, 0.1) is 5.41 Å². The summed E-state index contributed by atoms with van der Waals surface area (Å²) in [6, 6.07) is 0. The molecule has 0 saturated carbocycles. The minimum Gasteiger partial charge on any atom is -0.463 e. The lowest BCUT2D eigenvalue weighted by atomic mass is 9.89. The van der Waals surface area contributed by atoms with Gasteiger partial charge in [-0.2, -0.15) is 0 Å². The third-order valence-electron chi connectivity index (χ3n) is 2.22. The number of ether oxygens (including phenoxy) is 1. The third kappa shape index (κ3) is 5.11. The van der Waals surface area contributed by atoms with E-state index < -0.39 is 11.4 Å². The molecular weight excluding hydrogens is 200 g/mol. The summed E-state index contributed by atoms with van der Waals surface area (Å²) in [5.74, 6) is -0.410. The number of aliphatic hydroxyl groups is 1. The lowest BCUT2D eigenvalue weighted by molar-refractivity contribution is -0.295. The van der Waals surface area contributed by atoms with Gasteiger partial charge in [0.25, 0.3) is 0 Å². The maximum atomic E-state index is 11.5. The lowest BCUT2D eigenvalue weighted by Crippen LogP contribution is -2.33. The highest BCUT2D eigenvalue weighted by Crippen LogP contribution is 2.21. The topological polar surface area (TPSA) is 65.0 Å². The SMILES string of the molecule is CCOOCCOC(=O)C(C)(CC)CO. The van der Waals surface area contributed by atoms with Crippen molar-refractivity contribution in [3.63, 3.8) is 0 Å². The summed E-state index contributed by atoms with van der Waals surface area (Å²) in [5, 5.41) is 9.04. The van der Waals surface area contributed by atoms with Crippen molar-refractivity contribution >= 4 is 5.97 Å². The Bertz CT molecular complexity index is 177. The summed E-state index contributed by atoms with van der Waals surface area (Å²) < 4.78 is 4.93. The minimum absolute atomic E-state index is 0.133. The number of esters is 1. The molecule has 1 atom stereocenters. The van der Waals surface area contributed by atoms with E-state index in [0.717, 1.165) is 0 Å². The van der Waals surface area contributed by atoms with Gasteiger partial charge in [-0.3, -0.25) is 4.79 Å². The zero-order chi connectivity index (χ0) is 11.7. The van der Waals surface area contributed by atoms with Crippen LogP contribution in [0.3, 0.4) is 0 Å². The van der Waals surface area contributed by atoms with Crippen LogP contribution in [0.15, 0.2) is 0 Å². The van der Waals surface area contributed by atoms with E-state index in [4.69, 9.17) is 9.84 Å².